The highest BCUT2D eigenvalue weighted by Gasteiger charge is 2.26. The molecule has 1 heterocycles. The van der Waals surface area contributed by atoms with Crippen LogP contribution in [0.4, 0.5) is 5.88 Å². The van der Waals surface area contributed by atoms with Crippen LogP contribution in [-0.4, -0.2) is 37.4 Å². The van der Waals surface area contributed by atoms with Crippen molar-refractivity contribution in [2.45, 2.75) is 6.92 Å². The number of amides is 1. The van der Waals surface area contributed by atoms with Crippen molar-refractivity contribution in [3.63, 3.8) is 0 Å². The van der Waals surface area contributed by atoms with E-state index in [2.05, 4.69) is 10.5 Å². The van der Waals surface area contributed by atoms with E-state index in [9.17, 15) is 9.59 Å². The van der Waals surface area contributed by atoms with E-state index in [1.807, 2.05) is 0 Å². The minimum absolute atomic E-state index is 0.0404. The predicted octanol–water partition coefficient (Wildman–Crippen LogP) is 2.76. The molecular formula is C15H15ClN2O5. The van der Waals surface area contributed by atoms with Gasteiger partial charge in [0.25, 0.3) is 5.91 Å². The maximum Gasteiger partial charge on any atom is 0.346 e. The molecule has 0 fully saturated rings. The molecule has 1 aromatic carbocycles. The third-order valence-corrected chi connectivity index (χ3v) is 3.07. The number of carbonyl (C=O) groups is 2. The highest BCUT2D eigenvalue weighted by Crippen LogP contribution is 2.30. The molecule has 7 nitrogen and oxygen atoms in total. The lowest BCUT2D eigenvalue weighted by Crippen LogP contribution is -2.19. The number of esters is 1. The van der Waals surface area contributed by atoms with Crippen molar-refractivity contribution in [1.29, 1.82) is 0 Å². The minimum Gasteiger partial charge on any atom is -0.462 e. The van der Waals surface area contributed by atoms with Crippen molar-refractivity contribution in [2.75, 3.05) is 25.6 Å². The van der Waals surface area contributed by atoms with Gasteiger partial charge in [-0.25, -0.2) is 4.79 Å². The number of carbonyl (C=O) groups excluding carboxylic acids is 2. The maximum atomic E-state index is 12.2. The van der Waals surface area contributed by atoms with Crippen LogP contribution in [0.25, 0.3) is 11.3 Å². The molecule has 0 radical (unpaired) electrons. The van der Waals surface area contributed by atoms with Crippen molar-refractivity contribution in [3.05, 3.63) is 34.9 Å². The molecule has 1 aromatic heterocycles. The van der Waals surface area contributed by atoms with Gasteiger partial charge in [-0.2, -0.15) is 0 Å². The number of ether oxygens (including phenoxy) is 2. The zero-order valence-corrected chi connectivity index (χ0v) is 13.3. The quantitative estimate of drug-likeness (QED) is 0.814. The standard InChI is InChI=1S/C15H15ClN2O5/c1-3-22-15(20)12-13(9-4-6-10(16)7-5-9)18-23-14(12)17-11(19)8-21-2/h4-7H,3,8H2,1-2H3,(H,17,19). The first-order valence-corrected chi connectivity index (χ1v) is 7.16. The molecule has 0 bridgehead atoms. The van der Waals surface area contributed by atoms with Crippen LogP contribution in [0.5, 0.6) is 0 Å². The van der Waals surface area contributed by atoms with Crippen LogP contribution in [0.1, 0.15) is 17.3 Å². The summed E-state index contributed by atoms with van der Waals surface area (Å²) in [7, 11) is 1.38. The lowest BCUT2D eigenvalue weighted by Gasteiger charge is -2.05. The number of aromatic nitrogens is 1. The van der Waals surface area contributed by atoms with Gasteiger partial charge in [-0.1, -0.05) is 28.9 Å². The number of halogens is 1. The Hall–Kier alpha value is -2.38. The number of benzene rings is 1. The fraction of sp³-hybridized carbons (Fsp3) is 0.267. The molecule has 8 heteroatoms. The molecule has 2 rings (SSSR count). The fourth-order valence-corrected chi connectivity index (χ4v) is 1.99. The van der Waals surface area contributed by atoms with Gasteiger partial charge in [0.05, 0.1) is 6.61 Å². The Bertz CT molecular complexity index is 696. The normalized spacial score (nSPS) is 10.4. The lowest BCUT2D eigenvalue weighted by molar-refractivity contribution is -0.119. The summed E-state index contributed by atoms with van der Waals surface area (Å²) in [4.78, 5) is 23.8. The largest absolute Gasteiger partial charge is 0.462 e. The molecule has 0 aliphatic heterocycles. The average Bonchev–Trinajstić information content (AvgIpc) is 2.92. The van der Waals surface area contributed by atoms with E-state index in [0.717, 1.165) is 0 Å². The molecule has 0 unspecified atom stereocenters. The molecule has 0 spiro atoms. The number of nitrogens with one attached hydrogen (secondary N) is 1. The zero-order chi connectivity index (χ0) is 16.8. The second-order valence-electron chi connectivity index (χ2n) is 4.44. The number of methoxy groups -OCH3 is 1. The van der Waals surface area contributed by atoms with Gasteiger partial charge < -0.3 is 14.0 Å². The Morgan fingerprint density at radius 3 is 2.61 bits per heavy atom. The van der Waals surface area contributed by atoms with Crippen LogP contribution in [0.15, 0.2) is 28.8 Å². The van der Waals surface area contributed by atoms with Gasteiger partial charge in [0.2, 0.25) is 5.88 Å². The van der Waals surface area contributed by atoms with Crippen LogP contribution >= 0.6 is 11.6 Å². The van der Waals surface area contributed by atoms with Gasteiger partial charge in [-0.05, 0) is 19.1 Å². The minimum atomic E-state index is -0.647. The van der Waals surface area contributed by atoms with E-state index < -0.39 is 11.9 Å². The van der Waals surface area contributed by atoms with Crippen molar-refractivity contribution in [2.24, 2.45) is 0 Å². The molecule has 1 N–H and O–H groups in total. The molecular weight excluding hydrogens is 324 g/mol. The first kappa shape index (κ1) is 17.0. The maximum absolute atomic E-state index is 12.2. The van der Waals surface area contributed by atoms with Crippen LogP contribution in [0.2, 0.25) is 5.02 Å². The smallest absolute Gasteiger partial charge is 0.346 e. The third-order valence-electron chi connectivity index (χ3n) is 2.82. The van der Waals surface area contributed by atoms with Gasteiger partial charge in [-0.3, -0.25) is 10.1 Å². The molecule has 122 valence electrons. The third kappa shape index (κ3) is 4.08. The summed E-state index contributed by atoms with van der Waals surface area (Å²) in [6.07, 6.45) is 0. The van der Waals surface area contributed by atoms with E-state index in [1.165, 1.54) is 7.11 Å². The summed E-state index contributed by atoms with van der Waals surface area (Å²) in [5.74, 6) is -1.21. The Balaban J connectivity index is 2.42. The van der Waals surface area contributed by atoms with E-state index in [-0.39, 0.29) is 30.4 Å². The van der Waals surface area contributed by atoms with Gasteiger partial charge in [0, 0.05) is 17.7 Å². The number of hydrogen-bond acceptors (Lipinski definition) is 6. The second-order valence-corrected chi connectivity index (χ2v) is 4.88. The first-order chi connectivity index (χ1) is 11.1. The van der Waals surface area contributed by atoms with E-state index in [4.69, 9.17) is 25.6 Å². The molecule has 0 atom stereocenters. The monoisotopic (exact) mass is 338 g/mol. The fourth-order valence-electron chi connectivity index (χ4n) is 1.87. The van der Waals surface area contributed by atoms with Crippen LogP contribution in [0.3, 0.4) is 0 Å². The summed E-state index contributed by atoms with van der Waals surface area (Å²) < 4.78 is 14.8. The SMILES string of the molecule is CCOC(=O)c1c(-c2ccc(Cl)cc2)noc1NC(=O)COC. The van der Waals surface area contributed by atoms with Gasteiger partial charge >= 0.3 is 5.97 Å². The molecule has 0 aliphatic carbocycles. The highest BCUT2D eigenvalue weighted by atomic mass is 35.5. The van der Waals surface area contributed by atoms with E-state index in [1.54, 1.807) is 31.2 Å². The Morgan fingerprint density at radius 1 is 1.30 bits per heavy atom. The Labute approximate surface area is 137 Å². The Morgan fingerprint density at radius 2 is 2.00 bits per heavy atom. The summed E-state index contributed by atoms with van der Waals surface area (Å²) in [6.45, 7) is 1.67. The Kier molecular flexibility index (Phi) is 5.72. The molecule has 1 amide bonds. The van der Waals surface area contributed by atoms with Crippen molar-refractivity contribution in [3.8, 4) is 11.3 Å². The van der Waals surface area contributed by atoms with Crippen molar-refractivity contribution >= 4 is 29.4 Å². The molecule has 0 saturated heterocycles. The molecule has 2 aromatic rings. The summed E-state index contributed by atoms with van der Waals surface area (Å²) in [6, 6.07) is 6.68. The zero-order valence-electron chi connectivity index (χ0n) is 12.6. The number of anilines is 1. The summed E-state index contributed by atoms with van der Waals surface area (Å²) in [5, 5.41) is 6.84. The highest BCUT2D eigenvalue weighted by molar-refractivity contribution is 6.30. The van der Waals surface area contributed by atoms with Gasteiger partial charge in [0.1, 0.15) is 12.3 Å². The van der Waals surface area contributed by atoms with Gasteiger partial charge in [-0.15, -0.1) is 0 Å². The topological polar surface area (TPSA) is 90.7 Å². The molecule has 23 heavy (non-hydrogen) atoms. The lowest BCUT2D eigenvalue weighted by atomic mass is 10.1. The number of rotatable bonds is 6. The van der Waals surface area contributed by atoms with Crippen LogP contribution in [-0.2, 0) is 14.3 Å². The molecule has 0 saturated carbocycles. The van der Waals surface area contributed by atoms with Crippen LogP contribution < -0.4 is 5.32 Å². The van der Waals surface area contributed by atoms with E-state index in [0.29, 0.717) is 10.6 Å². The van der Waals surface area contributed by atoms with E-state index >= 15 is 0 Å². The van der Waals surface area contributed by atoms with Crippen LogP contribution in [0, 0.1) is 0 Å². The average molecular weight is 339 g/mol. The second kappa shape index (κ2) is 7.75. The predicted molar refractivity (Wildman–Crippen MR) is 83.4 cm³/mol. The summed E-state index contributed by atoms with van der Waals surface area (Å²) >= 11 is 5.85. The number of hydrogen-bond donors (Lipinski definition) is 1. The summed E-state index contributed by atoms with van der Waals surface area (Å²) in [5.41, 5.74) is 0.903. The number of nitrogens with zero attached hydrogens (tertiary/aromatic N) is 1. The van der Waals surface area contributed by atoms with Crippen molar-refractivity contribution < 1.29 is 23.6 Å². The first-order valence-electron chi connectivity index (χ1n) is 6.78. The van der Waals surface area contributed by atoms with Crippen molar-refractivity contribution in [1.82, 2.24) is 5.16 Å². The van der Waals surface area contributed by atoms with Gasteiger partial charge in [0.15, 0.2) is 5.56 Å². The molecule has 0 aliphatic rings.